The summed E-state index contributed by atoms with van der Waals surface area (Å²) in [5, 5.41) is 9.78. The first-order valence-electron chi connectivity index (χ1n) is 8.75. The smallest absolute Gasteiger partial charge is 0.309 e. The fraction of sp³-hybridized carbons (Fsp3) is 0.632. The van der Waals surface area contributed by atoms with Crippen LogP contribution in [0.4, 0.5) is 0 Å². The minimum absolute atomic E-state index is 0.386. The maximum Gasteiger partial charge on any atom is 0.309 e. The SMILES string of the molecule is COc1ccc2c(c1)CN(C1C[C@@H]3CCC[C@]3(C(=O)O)C1)CC2. The Kier molecular flexibility index (Phi) is 3.60. The van der Waals surface area contributed by atoms with Crippen molar-refractivity contribution in [3.8, 4) is 5.75 Å². The predicted octanol–water partition coefficient (Wildman–Crippen LogP) is 3.09. The Bertz CT molecular complexity index is 629. The molecule has 1 aromatic rings. The first-order valence-corrected chi connectivity index (χ1v) is 8.75. The summed E-state index contributed by atoms with van der Waals surface area (Å²) >= 11 is 0. The van der Waals surface area contributed by atoms with Crippen molar-refractivity contribution < 1.29 is 14.6 Å². The lowest BCUT2D eigenvalue weighted by atomic mass is 9.80. The number of rotatable bonds is 3. The van der Waals surface area contributed by atoms with Crippen LogP contribution in [0.25, 0.3) is 0 Å². The average Bonchev–Trinajstić information content (AvgIpc) is 3.12. The van der Waals surface area contributed by atoms with Gasteiger partial charge in [-0.25, -0.2) is 0 Å². The second-order valence-corrected chi connectivity index (χ2v) is 7.50. The molecule has 124 valence electrons. The topological polar surface area (TPSA) is 49.8 Å². The molecule has 0 saturated heterocycles. The number of carboxylic acids is 1. The summed E-state index contributed by atoms with van der Waals surface area (Å²) < 4.78 is 5.35. The summed E-state index contributed by atoms with van der Waals surface area (Å²) in [6.07, 6.45) is 6.02. The third-order valence-corrected chi connectivity index (χ3v) is 6.51. The maximum atomic E-state index is 11.9. The van der Waals surface area contributed by atoms with Crippen molar-refractivity contribution in [2.24, 2.45) is 11.3 Å². The van der Waals surface area contributed by atoms with Crippen LogP contribution in [0.2, 0.25) is 0 Å². The van der Waals surface area contributed by atoms with Gasteiger partial charge < -0.3 is 9.84 Å². The van der Waals surface area contributed by atoms with Crippen molar-refractivity contribution in [1.82, 2.24) is 4.90 Å². The van der Waals surface area contributed by atoms with E-state index in [0.29, 0.717) is 12.0 Å². The molecule has 4 rings (SSSR count). The fourth-order valence-electron chi connectivity index (χ4n) is 5.23. The molecule has 2 aliphatic carbocycles. The van der Waals surface area contributed by atoms with Gasteiger partial charge in [-0.05, 0) is 61.3 Å². The number of hydrogen-bond donors (Lipinski definition) is 1. The van der Waals surface area contributed by atoms with Crippen molar-refractivity contribution in [3.05, 3.63) is 29.3 Å². The molecular formula is C19H25NO3. The van der Waals surface area contributed by atoms with Gasteiger partial charge in [0, 0.05) is 19.1 Å². The Morgan fingerprint density at radius 1 is 1.39 bits per heavy atom. The number of ether oxygens (including phenoxy) is 1. The summed E-state index contributed by atoms with van der Waals surface area (Å²) in [6.45, 7) is 1.98. The molecule has 1 heterocycles. The van der Waals surface area contributed by atoms with E-state index < -0.39 is 11.4 Å². The van der Waals surface area contributed by atoms with Gasteiger partial charge in [0.2, 0.25) is 0 Å². The summed E-state index contributed by atoms with van der Waals surface area (Å²) in [7, 11) is 1.71. The summed E-state index contributed by atoms with van der Waals surface area (Å²) in [5.41, 5.74) is 2.32. The zero-order valence-electron chi connectivity index (χ0n) is 13.8. The number of carbonyl (C=O) groups is 1. The van der Waals surface area contributed by atoms with Gasteiger partial charge >= 0.3 is 5.97 Å². The molecule has 0 radical (unpaired) electrons. The van der Waals surface area contributed by atoms with Crippen LogP contribution in [0.5, 0.6) is 5.75 Å². The van der Waals surface area contributed by atoms with Gasteiger partial charge in [-0.3, -0.25) is 9.69 Å². The third kappa shape index (κ3) is 2.35. The van der Waals surface area contributed by atoms with Crippen LogP contribution in [0, 0.1) is 11.3 Å². The fourth-order valence-corrected chi connectivity index (χ4v) is 5.23. The molecule has 4 nitrogen and oxygen atoms in total. The molecule has 0 spiro atoms. The lowest BCUT2D eigenvalue weighted by Gasteiger charge is -2.34. The highest BCUT2D eigenvalue weighted by atomic mass is 16.5. The largest absolute Gasteiger partial charge is 0.497 e. The second kappa shape index (κ2) is 5.52. The second-order valence-electron chi connectivity index (χ2n) is 7.50. The molecule has 1 unspecified atom stereocenters. The minimum atomic E-state index is -0.554. The molecule has 3 atom stereocenters. The van der Waals surface area contributed by atoms with Gasteiger partial charge in [0.25, 0.3) is 0 Å². The lowest BCUT2D eigenvalue weighted by molar-refractivity contribution is -0.150. The Hall–Kier alpha value is -1.55. The van der Waals surface area contributed by atoms with Crippen molar-refractivity contribution in [1.29, 1.82) is 0 Å². The Labute approximate surface area is 137 Å². The van der Waals surface area contributed by atoms with E-state index in [9.17, 15) is 9.90 Å². The molecule has 0 aromatic heterocycles. The number of hydrogen-bond acceptors (Lipinski definition) is 3. The van der Waals surface area contributed by atoms with Crippen LogP contribution in [-0.4, -0.2) is 35.7 Å². The van der Waals surface area contributed by atoms with E-state index in [1.807, 2.05) is 6.07 Å². The van der Waals surface area contributed by atoms with E-state index >= 15 is 0 Å². The Balaban J connectivity index is 1.53. The maximum absolute atomic E-state index is 11.9. The van der Waals surface area contributed by atoms with E-state index in [-0.39, 0.29) is 0 Å². The number of methoxy groups -OCH3 is 1. The quantitative estimate of drug-likeness (QED) is 0.931. The van der Waals surface area contributed by atoms with Gasteiger partial charge in [0.05, 0.1) is 12.5 Å². The zero-order chi connectivity index (χ0) is 16.0. The highest BCUT2D eigenvalue weighted by molar-refractivity contribution is 5.76. The van der Waals surface area contributed by atoms with Crippen molar-refractivity contribution in [3.63, 3.8) is 0 Å². The molecule has 4 heteroatoms. The number of fused-ring (bicyclic) bond motifs is 2. The molecular weight excluding hydrogens is 290 g/mol. The molecule has 1 N–H and O–H groups in total. The van der Waals surface area contributed by atoms with Crippen molar-refractivity contribution in [2.75, 3.05) is 13.7 Å². The van der Waals surface area contributed by atoms with E-state index in [4.69, 9.17) is 4.74 Å². The average molecular weight is 315 g/mol. The highest BCUT2D eigenvalue weighted by Gasteiger charge is 2.56. The van der Waals surface area contributed by atoms with Crippen LogP contribution < -0.4 is 4.74 Å². The number of carboxylic acid groups (broad SMARTS) is 1. The van der Waals surface area contributed by atoms with Gasteiger partial charge in [-0.2, -0.15) is 0 Å². The molecule has 2 fully saturated rings. The molecule has 0 amide bonds. The first kappa shape index (κ1) is 15.0. The van der Waals surface area contributed by atoms with Crippen LogP contribution in [0.15, 0.2) is 18.2 Å². The standard InChI is InChI=1S/C19H25NO3/c1-23-17-5-4-13-6-8-20(12-14(13)9-17)16-10-15-3-2-7-19(15,11-16)18(21)22/h4-5,9,15-16H,2-3,6-8,10-12H2,1H3,(H,21,22)/t15-,16?,19-/m0/s1. The number of nitrogens with zero attached hydrogens (tertiary/aromatic N) is 1. The van der Waals surface area contributed by atoms with E-state index in [2.05, 4.69) is 17.0 Å². The summed E-state index contributed by atoms with van der Waals surface area (Å²) in [6, 6.07) is 6.78. The van der Waals surface area contributed by atoms with Gasteiger partial charge in [0.1, 0.15) is 5.75 Å². The molecule has 1 aliphatic heterocycles. The van der Waals surface area contributed by atoms with Gasteiger partial charge in [-0.15, -0.1) is 0 Å². The van der Waals surface area contributed by atoms with Gasteiger partial charge in [-0.1, -0.05) is 12.5 Å². The highest BCUT2D eigenvalue weighted by Crippen LogP contribution is 2.55. The molecule has 1 aromatic carbocycles. The third-order valence-electron chi connectivity index (χ3n) is 6.51. The first-order chi connectivity index (χ1) is 11.1. The van der Waals surface area contributed by atoms with Crippen LogP contribution >= 0.6 is 0 Å². The zero-order valence-corrected chi connectivity index (χ0v) is 13.8. The minimum Gasteiger partial charge on any atom is -0.497 e. The van der Waals surface area contributed by atoms with Crippen LogP contribution in [0.3, 0.4) is 0 Å². The van der Waals surface area contributed by atoms with E-state index in [0.717, 1.165) is 57.4 Å². The van der Waals surface area contributed by atoms with Crippen LogP contribution in [0.1, 0.15) is 43.2 Å². The number of benzene rings is 1. The summed E-state index contributed by atoms with van der Waals surface area (Å²) in [4.78, 5) is 14.4. The Morgan fingerprint density at radius 2 is 2.26 bits per heavy atom. The normalized spacial score (nSPS) is 33.3. The molecule has 2 saturated carbocycles. The van der Waals surface area contributed by atoms with Crippen molar-refractivity contribution >= 4 is 5.97 Å². The van der Waals surface area contributed by atoms with Crippen LogP contribution in [-0.2, 0) is 17.8 Å². The van der Waals surface area contributed by atoms with Crippen molar-refractivity contribution in [2.45, 2.75) is 51.1 Å². The monoisotopic (exact) mass is 315 g/mol. The molecule has 3 aliphatic rings. The summed E-state index contributed by atoms with van der Waals surface area (Å²) in [5.74, 6) is 0.745. The van der Waals surface area contributed by atoms with E-state index in [1.54, 1.807) is 7.11 Å². The van der Waals surface area contributed by atoms with E-state index in [1.165, 1.54) is 11.1 Å². The number of aliphatic carboxylic acids is 1. The predicted molar refractivity (Wildman–Crippen MR) is 87.5 cm³/mol. The lowest BCUT2D eigenvalue weighted by Crippen LogP contribution is -2.39. The Morgan fingerprint density at radius 3 is 3.00 bits per heavy atom. The molecule has 0 bridgehead atoms. The van der Waals surface area contributed by atoms with Gasteiger partial charge in [0.15, 0.2) is 0 Å². The molecule has 23 heavy (non-hydrogen) atoms.